The summed E-state index contributed by atoms with van der Waals surface area (Å²) in [5.41, 5.74) is -0.113. The molecule has 120 valence electrons. The van der Waals surface area contributed by atoms with Gasteiger partial charge in [0.1, 0.15) is 11.5 Å². The van der Waals surface area contributed by atoms with E-state index in [4.69, 9.17) is 4.74 Å². The fraction of sp³-hybridized carbons (Fsp3) is 0.125. The van der Waals surface area contributed by atoms with Crippen LogP contribution in [-0.2, 0) is 19.1 Å². The normalized spacial score (nSPS) is 13.8. The van der Waals surface area contributed by atoms with Crippen LogP contribution in [0, 0.1) is 5.82 Å². The van der Waals surface area contributed by atoms with Crippen molar-refractivity contribution in [3.05, 3.63) is 59.7 Å². The van der Waals surface area contributed by atoms with Gasteiger partial charge in [-0.2, -0.15) is 0 Å². The van der Waals surface area contributed by atoms with E-state index in [1.54, 1.807) is 18.2 Å². The van der Waals surface area contributed by atoms with E-state index in [9.17, 15) is 14.0 Å². The molecule has 1 aromatic rings. The number of allylic oxidation sites excluding steroid dienone is 2. The summed E-state index contributed by atoms with van der Waals surface area (Å²) in [6.45, 7) is 0. The summed E-state index contributed by atoms with van der Waals surface area (Å²) in [5, 5.41) is 0. The Balaban J connectivity index is 2.68. The largest absolute Gasteiger partial charge is 0.465 e. The zero-order valence-corrected chi connectivity index (χ0v) is 13.3. The number of carbonyl (C=O) groups is 2. The number of methoxy groups -OCH3 is 2. The number of anilines is 1. The third-order valence-electron chi connectivity index (χ3n) is 3.08. The molecule has 1 aromatic carbocycles. The molecule has 0 unspecified atom stereocenters. The lowest BCUT2D eigenvalue weighted by molar-refractivity contribution is -0.139. The lowest BCUT2D eigenvalue weighted by atomic mass is 10.1. The zero-order valence-electron chi connectivity index (χ0n) is 12.4. The molecular weight excluding hydrogens is 321 g/mol. The number of thiol groups is 1. The van der Waals surface area contributed by atoms with Gasteiger partial charge >= 0.3 is 11.9 Å². The molecule has 0 saturated heterocycles. The summed E-state index contributed by atoms with van der Waals surface area (Å²) in [5.74, 6) is -2.13. The van der Waals surface area contributed by atoms with Gasteiger partial charge in [-0.05, 0) is 30.4 Å². The van der Waals surface area contributed by atoms with Gasteiger partial charge in [-0.15, -0.1) is 12.6 Å². The SMILES string of the molecule is COC(=O)C1=C(C(=O)OC)N(c2ccc(S)cc2F)C=CC=C1. The maximum atomic E-state index is 14.3. The lowest BCUT2D eigenvalue weighted by Gasteiger charge is -2.23. The third-order valence-corrected chi connectivity index (χ3v) is 3.36. The van der Waals surface area contributed by atoms with Gasteiger partial charge in [0.15, 0.2) is 0 Å². The molecule has 1 aliphatic heterocycles. The summed E-state index contributed by atoms with van der Waals surface area (Å²) in [6.07, 6.45) is 5.96. The molecule has 7 heteroatoms. The van der Waals surface area contributed by atoms with E-state index in [0.29, 0.717) is 4.90 Å². The molecule has 0 bridgehead atoms. The molecule has 0 atom stereocenters. The Labute approximate surface area is 138 Å². The Morgan fingerprint density at radius 3 is 2.43 bits per heavy atom. The first-order chi connectivity index (χ1) is 11.0. The molecule has 5 nitrogen and oxygen atoms in total. The number of rotatable bonds is 3. The van der Waals surface area contributed by atoms with Crippen LogP contribution in [-0.4, -0.2) is 26.2 Å². The molecular formula is C16H14FNO4S. The van der Waals surface area contributed by atoms with Crippen LogP contribution in [0.5, 0.6) is 0 Å². The second-order valence-corrected chi connectivity index (χ2v) is 4.97. The number of benzene rings is 1. The van der Waals surface area contributed by atoms with E-state index in [1.807, 2.05) is 0 Å². The predicted octanol–water partition coefficient (Wildman–Crippen LogP) is 2.60. The highest BCUT2D eigenvalue weighted by Crippen LogP contribution is 2.29. The standard InChI is InChI=1S/C16H14FNO4S/c1-21-15(19)11-5-3-4-8-18(14(11)16(20)22-2)13-7-6-10(23)9-12(13)17/h3-9,23H,1-2H3. The van der Waals surface area contributed by atoms with Crippen molar-refractivity contribution >= 4 is 30.3 Å². The van der Waals surface area contributed by atoms with Gasteiger partial charge in [0, 0.05) is 11.1 Å². The van der Waals surface area contributed by atoms with E-state index in [2.05, 4.69) is 17.4 Å². The molecule has 1 aliphatic rings. The van der Waals surface area contributed by atoms with Crippen LogP contribution >= 0.6 is 12.6 Å². The predicted molar refractivity (Wildman–Crippen MR) is 85.5 cm³/mol. The molecule has 2 rings (SSSR count). The fourth-order valence-electron chi connectivity index (χ4n) is 2.04. The van der Waals surface area contributed by atoms with Crippen LogP contribution in [0.15, 0.2) is 58.8 Å². The van der Waals surface area contributed by atoms with Crippen LogP contribution < -0.4 is 4.90 Å². The topological polar surface area (TPSA) is 55.8 Å². The maximum absolute atomic E-state index is 14.3. The average Bonchev–Trinajstić information content (AvgIpc) is 2.76. The molecule has 0 N–H and O–H groups in total. The highest BCUT2D eigenvalue weighted by Gasteiger charge is 2.28. The van der Waals surface area contributed by atoms with Gasteiger partial charge in [0.25, 0.3) is 0 Å². The number of hydrogen-bond acceptors (Lipinski definition) is 6. The summed E-state index contributed by atoms with van der Waals surface area (Å²) in [6, 6.07) is 4.23. The van der Waals surface area contributed by atoms with E-state index in [-0.39, 0.29) is 17.0 Å². The van der Waals surface area contributed by atoms with Crippen LogP contribution in [0.4, 0.5) is 10.1 Å². The van der Waals surface area contributed by atoms with Crippen LogP contribution in [0.1, 0.15) is 0 Å². The van der Waals surface area contributed by atoms with Crippen LogP contribution in [0.2, 0.25) is 0 Å². The van der Waals surface area contributed by atoms with Crippen LogP contribution in [0.25, 0.3) is 0 Å². The van der Waals surface area contributed by atoms with Crippen molar-refractivity contribution in [2.75, 3.05) is 19.1 Å². The highest BCUT2D eigenvalue weighted by molar-refractivity contribution is 7.80. The molecule has 0 aromatic heterocycles. The first-order valence-corrected chi connectivity index (χ1v) is 6.97. The summed E-state index contributed by atoms with van der Waals surface area (Å²) < 4.78 is 23.7. The van der Waals surface area contributed by atoms with Crippen molar-refractivity contribution in [3.63, 3.8) is 0 Å². The monoisotopic (exact) mass is 335 g/mol. The first-order valence-electron chi connectivity index (χ1n) is 6.53. The number of halogens is 1. The van der Waals surface area contributed by atoms with Crippen molar-refractivity contribution in [2.24, 2.45) is 0 Å². The summed E-state index contributed by atoms with van der Waals surface area (Å²) >= 11 is 4.07. The minimum absolute atomic E-state index is 0.0429. The fourth-order valence-corrected chi connectivity index (χ4v) is 2.23. The Morgan fingerprint density at radius 1 is 1.13 bits per heavy atom. The van der Waals surface area contributed by atoms with E-state index >= 15 is 0 Å². The van der Waals surface area contributed by atoms with Gasteiger partial charge in [-0.25, -0.2) is 14.0 Å². The smallest absolute Gasteiger partial charge is 0.355 e. The first kappa shape index (κ1) is 16.8. The van der Waals surface area contributed by atoms with Gasteiger partial charge in [0.2, 0.25) is 0 Å². The molecule has 0 fully saturated rings. The molecule has 23 heavy (non-hydrogen) atoms. The summed E-state index contributed by atoms with van der Waals surface area (Å²) in [7, 11) is 2.37. The molecule has 0 radical (unpaired) electrons. The van der Waals surface area contributed by atoms with Gasteiger partial charge in [-0.1, -0.05) is 6.08 Å². The highest BCUT2D eigenvalue weighted by atomic mass is 32.1. The Bertz CT molecular complexity index is 740. The molecule has 0 saturated carbocycles. The van der Waals surface area contributed by atoms with Crippen LogP contribution in [0.3, 0.4) is 0 Å². The van der Waals surface area contributed by atoms with Gasteiger partial charge < -0.3 is 14.4 Å². The molecule has 0 aliphatic carbocycles. The molecule has 0 spiro atoms. The second kappa shape index (κ2) is 7.15. The van der Waals surface area contributed by atoms with Crippen molar-refractivity contribution < 1.29 is 23.5 Å². The Hall–Kier alpha value is -2.54. The number of ether oxygens (including phenoxy) is 2. The van der Waals surface area contributed by atoms with E-state index < -0.39 is 17.8 Å². The Kier molecular flexibility index (Phi) is 5.23. The zero-order chi connectivity index (χ0) is 17.0. The van der Waals surface area contributed by atoms with E-state index in [1.165, 1.54) is 43.5 Å². The average molecular weight is 335 g/mol. The third kappa shape index (κ3) is 3.45. The van der Waals surface area contributed by atoms with Gasteiger partial charge in [0.05, 0.1) is 25.5 Å². The quantitative estimate of drug-likeness (QED) is 0.680. The minimum Gasteiger partial charge on any atom is -0.465 e. The lowest BCUT2D eigenvalue weighted by Crippen LogP contribution is -2.27. The minimum atomic E-state index is -0.795. The molecule has 0 amide bonds. The number of hydrogen-bond donors (Lipinski definition) is 1. The van der Waals surface area contributed by atoms with Crippen molar-refractivity contribution in [1.82, 2.24) is 0 Å². The number of esters is 2. The van der Waals surface area contributed by atoms with Gasteiger partial charge in [-0.3, -0.25) is 0 Å². The maximum Gasteiger partial charge on any atom is 0.355 e. The van der Waals surface area contributed by atoms with Crippen molar-refractivity contribution in [2.45, 2.75) is 4.90 Å². The molecule has 1 heterocycles. The Morgan fingerprint density at radius 2 is 1.83 bits per heavy atom. The number of carbonyl (C=O) groups excluding carboxylic acids is 2. The van der Waals surface area contributed by atoms with Crippen molar-refractivity contribution in [3.8, 4) is 0 Å². The van der Waals surface area contributed by atoms with E-state index in [0.717, 1.165) is 0 Å². The van der Waals surface area contributed by atoms with Crippen molar-refractivity contribution in [1.29, 1.82) is 0 Å². The summed E-state index contributed by atoms with van der Waals surface area (Å²) in [4.78, 5) is 25.8. The second-order valence-electron chi connectivity index (χ2n) is 4.45. The number of nitrogens with zero attached hydrogens (tertiary/aromatic N) is 1.